The van der Waals surface area contributed by atoms with Gasteiger partial charge in [0.25, 0.3) is 0 Å². The van der Waals surface area contributed by atoms with Crippen molar-refractivity contribution in [2.45, 2.75) is 13.5 Å². The van der Waals surface area contributed by atoms with Gasteiger partial charge in [-0.2, -0.15) is 5.10 Å². The van der Waals surface area contributed by atoms with Crippen molar-refractivity contribution in [1.29, 1.82) is 0 Å². The summed E-state index contributed by atoms with van der Waals surface area (Å²) in [4.78, 5) is 12.8. The number of hydrogen-bond donors (Lipinski definition) is 1. The number of aromatic nitrogens is 2. The van der Waals surface area contributed by atoms with Crippen molar-refractivity contribution in [2.75, 3.05) is 11.4 Å². The number of halogens is 1. The molecule has 0 aliphatic rings. The Morgan fingerprint density at radius 3 is 2.80 bits per heavy atom. The first-order valence-corrected chi connectivity index (χ1v) is 6.55. The lowest BCUT2D eigenvalue weighted by molar-refractivity contribution is -0.135. The standard InChI is InChI=1S/C14H16ClN3O2/c1-10-11(7-17(2)16-10)8-18(9-14(19)20)13-5-3-4-12(15)6-13/h3-7H,8-9H2,1-2H3,(H,19,20). The number of aryl methyl sites for hydroxylation is 2. The summed E-state index contributed by atoms with van der Waals surface area (Å²) in [6.45, 7) is 2.30. The molecule has 0 aliphatic carbocycles. The Bertz CT molecular complexity index is 625. The third kappa shape index (κ3) is 3.51. The van der Waals surface area contributed by atoms with E-state index in [-0.39, 0.29) is 6.54 Å². The molecule has 0 bridgehead atoms. The fraction of sp³-hybridized carbons (Fsp3) is 0.286. The molecule has 0 atom stereocenters. The second kappa shape index (κ2) is 5.96. The van der Waals surface area contributed by atoms with Crippen molar-refractivity contribution in [2.24, 2.45) is 7.05 Å². The fourth-order valence-electron chi connectivity index (χ4n) is 2.08. The van der Waals surface area contributed by atoms with E-state index in [0.717, 1.165) is 16.9 Å². The number of rotatable bonds is 5. The molecule has 0 fully saturated rings. The minimum absolute atomic E-state index is 0.0886. The number of carboxylic acid groups (broad SMARTS) is 1. The van der Waals surface area contributed by atoms with Crippen molar-refractivity contribution in [1.82, 2.24) is 9.78 Å². The first kappa shape index (κ1) is 14.4. The molecule has 0 saturated carbocycles. The summed E-state index contributed by atoms with van der Waals surface area (Å²) in [7, 11) is 1.84. The van der Waals surface area contributed by atoms with Gasteiger partial charge in [-0.15, -0.1) is 0 Å². The van der Waals surface area contributed by atoms with Crippen molar-refractivity contribution < 1.29 is 9.90 Å². The monoisotopic (exact) mass is 293 g/mol. The van der Waals surface area contributed by atoms with Gasteiger partial charge in [0.15, 0.2) is 0 Å². The number of aliphatic carboxylic acids is 1. The average molecular weight is 294 g/mol. The summed E-state index contributed by atoms with van der Waals surface area (Å²) >= 11 is 5.97. The summed E-state index contributed by atoms with van der Waals surface area (Å²) in [5, 5.41) is 13.9. The van der Waals surface area contributed by atoms with E-state index in [1.54, 1.807) is 21.7 Å². The second-order valence-corrected chi connectivity index (χ2v) is 5.08. The van der Waals surface area contributed by atoms with Gasteiger partial charge in [0.05, 0.1) is 5.69 Å². The Morgan fingerprint density at radius 1 is 1.50 bits per heavy atom. The van der Waals surface area contributed by atoms with Crippen LogP contribution in [0.2, 0.25) is 5.02 Å². The number of carboxylic acids is 1. The van der Waals surface area contributed by atoms with Gasteiger partial charge in [-0.05, 0) is 25.1 Å². The van der Waals surface area contributed by atoms with Gasteiger partial charge < -0.3 is 10.0 Å². The Balaban J connectivity index is 2.28. The molecule has 1 N–H and O–H groups in total. The van der Waals surface area contributed by atoms with E-state index in [4.69, 9.17) is 16.7 Å². The molecule has 0 aliphatic heterocycles. The summed E-state index contributed by atoms with van der Waals surface area (Å²) in [5.41, 5.74) is 2.67. The van der Waals surface area contributed by atoms with Crippen LogP contribution in [0, 0.1) is 6.92 Å². The molecule has 0 radical (unpaired) electrons. The Morgan fingerprint density at radius 2 is 2.25 bits per heavy atom. The van der Waals surface area contributed by atoms with E-state index in [0.29, 0.717) is 11.6 Å². The summed E-state index contributed by atoms with van der Waals surface area (Å²) in [6.07, 6.45) is 1.90. The largest absolute Gasteiger partial charge is 0.480 e. The van der Waals surface area contributed by atoms with Gasteiger partial charge in [-0.3, -0.25) is 9.48 Å². The Labute approximate surface area is 122 Å². The topological polar surface area (TPSA) is 58.4 Å². The molecule has 106 valence electrons. The van der Waals surface area contributed by atoms with Crippen LogP contribution in [-0.2, 0) is 18.4 Å². The molecule has 0 amide bonds. The minimum atomic E-state index is -0.883. The zero-order chi connectivity index (χ0) is 14.7. The molecular weight excluding hydrogens is 278 g/mol. The highest BCUT2D eigenvalue weighted by Crippen LogP contribution is 2.22. The highest BCUT2D eigenvalue weighted by atomic mass is 35.5. The third-order valence-corrected chi connectivity index (χ3v) is 3.21. The molecule has 0 saturated heterocycles. The first-order valence-electron chi connectivity index (χ1n) is 6.17. The van der Waals surface area contributed by atoms with Crippen LogP contribution in [0.1, 0.15) is 11.3 Å². The van der Waals surface area contributed by atoms with E-state index >= 15 is 0 Å². The maximum Gasteiger partial charge on any atom is 0.323 e. The zero-order valence-corrected chi connectivity index (χ0v) is 12.1. The first-order chi connectivity index (χ1) is 9.45. The number of benzene rings is 1. The highest BCUT2D eigenvalue weighted by Gasteiger charge is 2.14. The lowest BCUT2D eigenvalue weighted by Crippen LogP contribution is -2.29. The molecule has 20 heavy (non-hydrogen) atoms. The van der Waals surface area contributed by atoms with E-state index in [2.05, 4.69) is 5.10 Å². The third-order valence-electron chi connectivity index (χ3n) is 2.98. The number of carbonyl (C=O) groups is 1. The van der Waals surface area contributed by atoms with Crippen LogP contribution < -0.4 is 4.90 Å². The lowest BCUT2D eigenvalue weighted by Gasteiger charge is -2.22. The average Bonchev–Trinajstić information content (AvgIpc) is 2.66. The Kier molecular flexibility index (Phi) is 4.29. The molecule has 0 unspecified atom stereocenters. The van der Waals surface area contributed by atoms with Gasteiger partial charge >= 0.3 is 5.97 Å². The van der Waals surface area contributed by atoms with Gasteiger partial charge in [0.1, 0.15) is 6.54 Å². The maximum atomic E-state index is 11.1. The van der Waals surface area contributed by atoms with Crippen LogP contribution in [0.25, 0.3) is 0 Å². The Hall–Kier alpha value is -2.01. The molecule has 2 rings (SSSR count). The van der Waals surface area contributed by atoms with E-state index in [1.807, 2.05) is 32.3 Å². The molecule has 5 nitrogen and oxygen atoms in total. The number of anilines is 1. The van der Waals surface area contributed by atoms with Crippen molar-refractivity contribution >= 4 is 23.3 Å². The minimum Gasteiger partial charge on any atom is -0.480 e. The van der Waals surface area contributed by atoms with E-state index in [1.165, 1.54) is 0 Å². The molecule has 6 heteroatoms. The summed E-state index contributed by atoms with van der Waals surface area (Å²) in [6, 6.07) is 7.18. The molecule has 0 spiro atoms. The second-order valence-electron chi connectivity index (χ2n) is 4.64. The summed E-state index contributed by atoms with van der Waals surface area (Å²) < 4.78 is 1.72. The normalized spacial score (nSPS) is 10.6. The van der Waals surface area contributed by atoms with Crippen molar-refractivity contribution in [3.8, 4) is 0 Å². The predicted molar refractivity (Wildman–Crippen MR) is 78.1 cm³/mol. The van der Waals surface area contributed by atoms with Gasteiger partial charge in [0.2, 0.25) is 0 Å². The highest BCUT2D eigenvalue weighted by molar-refractivity contribution is 6.30. The van der Waals surface area contributed by atoms with Crippen LogP contribution in [0.15, 0.2) is 30.5 Å². The fourth-order valence-corrected chi connectivity index (χ4v) is 2.27. The molecule has 1 aromatic heterocycles. The zero-order valence-electron chi connectivity index (χ0n) is 11.4. The lowest BCUT2D eigenvalue weighted by atomic mass is 10.2. The SMILES string of the molecule is Cc1nn(C)cc1CN(CC(=O)O)c1cccc(Cl)c1. The molecular formula is C14H16ClN3O2. The van der Waals surface area contributed by atoms with Gasteiger partial charge in [0, 0.05) is 36.1 Å². The number of hydrogen-bond acceptors (Lipinski definition) is 3. The van der Waals surface area contributed by atoms with Crippen molar-refractivity contribution in [3.63, 3.8) is 0 Å². The van der Waals surface area contributed by atoms with Crippen molar-refractivity contribution in [3.05, 3.63) is 46.7 Å². The van der Waals surface area contributed by atoms with Gasteiger partial charge in [-0.1, -0.05) is 17.7 Å². The van der Waals surface area contributed by atoms with Crippen LogP contribution in [0.3, 0.4) is 0 Å². The maximum absolute atomic E-state index is 11.1. The molecule has 1 heterocycles. The number of nitrogens with zero attached hydrogens (tertiary/aromatic N) is 3. The van der Waals surface area contributed by atoms with Crippen LogP contribution in [-0.4, -0.2) is 27.4 Å². The van der Waals surface area contributed by atoms with E-state index < -0.39 is 5.97 Å². The summed E-state index contributed by atoms with van der Waals surface area (Å²) in [5.74, 6) is -0.883. The van der Waals surface area contributed by atoms with Crippen LogP contribution >= 0.6 is 11.6 Å². The predicted octanol–water partition coefficient (Wildman–Crippen LogP) is 2.47. The quantitative estimate of drug-likeness (QED) is 0.920. The smallest absolute Gasteiger partial charge is 0.323 e. The van der Waals surface area contributed by atoms with Crippen LogP contribution in [0.5, 0.6) is 0 Å². The van der Waals surface area contributed by atoms with Crippen LogP contribution in [0.4, 0.5) is 5.69 Å². The van der Waals surface area contributed by atoms with E-state index in [9.17, 15) is 4.79 Å². The molecule has 1 aromatic carbocycles. The van der Waals surface area contributed by atoms with Gasteiger partial charge in [-0.25, -0.2) is 0 Å². The molecule has 2 aromatic rings.